The number of amides is 2. The summed E-state index contributed by atoms with van der Waals surface area (Å²) in [5, 5.41) is 13.1. The highest BCUT2D eigenvalue weighted by molar-refractivity contribution is 7.84. The van der Waals surface area contributed by atoms with Crippen molar-refractivity contribution in [1.82, 2.24) is 9.97 Å². The number of allylic oxidation sites excluding steroid dienone is 1. The van der Waals surface area contributed by atoms with Crippen molar-refractivity contribution in [2.75, 3.05) is 10.6 Å². The van der Waals surface area contributed by atoms with Gasteiger partial charge in [-0.2, -0.15) is 0 Å². The fraction of sp³-hybridized carbons (Fsp3) is 0.250. The molecular weight excluding hydrogens is 306 g/mol. The summed E-state index contributed by atoms with van der Waals surface area (Å²) in [6.45, 7) is 3.12. The molecule has 0 bridgehead atoms. The van der Waals surface area contributed by atoms with Crippen molar-refractivity contribution in [2.45, 2.75) is 19.9 Å². The number of aromatic nitrogens is 2. The highest BCUT2D eigenvalue weighted by Gasteiger charge is 2.15. The first-order chi connectivity index (χ1) is 10.2. The van der Waals surface area contributed by atoms with Gasteiger partial charge in [0.1, 0.15) is 11.9 Å². The maximum absolute atomic E-state index is 11.4. The molecule has 0 aliphatic rings. The number of primary amides is 2. The van der Waals surface area contributed by atoms with E-state index < -0.39 is 17.9 Å². The molecule has 0 aliphatic carbocycles. The molecule has 0 saturated carbocycles. The fourth-order valence-electron chi connectivity index (χ4n) is 1.38. The van der Waals surface area contributed by atoms with Gasteiger partial charge in [0.15, 0.2) is 11.5 Å². The van der Waals surface area contributed by atoms with Gasteiger partial charge < -0.3 is 27.5 Å². The van der Waals surface area contributed by atoms with E-state index in [0.717, 1.165) is 0 Å². The number of rotatable bonds is 7. The van der Waals surface area contributed by atoms with Crippen molar-refractivity contribution in [1.29, 1.82) is 5.41 Å². The zero-order chi connectivity index (χ0) is 16.9. The highest BCUT2D eigenvalue weighted by Crippen LogP contribution is 2.17. The van der Waals surface area contributed by atoms with Crippen molar-refractivity contribution in [3.05, 3.63) is 23.0 Å². The first-order valence-electron chi connectivity index (χ1n) is 6.16. The topological polar surface area (TPSA) is 160 Å². The lowest BCUT2D eigenvalue weighted by molar-refractivity contribution is -0.118. The summed E-state index contributed by atoms with van der Waals surface area (Å²) in [5.74, 6) is -1.06. The van der Waals surface area contributed by atoms with E-state index in [1.165, 1.54) is 12.3 Å². The van der Waals surface area contributed by atoms with E-state index in [2.05, 4.69) is 33.2 Å². The minimum Gasteiger partial charge on any atom is -0.368 e. The molecule has 2 amide bonds. The first kappa shape index (κ1) is 17.4. The lowest BCUT2D eigenvalue weighted by Gasteiger charge is -2.13. The van der Waals surface area contributed by atoms with Crippen LogP contribution in [0.4, 0.5) is 11.6 Å². The number of carbonyl (C=O) groups excluding carboxylic acids is 2. The summed E-state index contributed by atoms with van der Waals surface area (Å²) in [6.07, 6.45) is 2.68. The Kier molecular flexibility index (Phi) is 5.87. The summed E-state index contributed by atoms with van der Waals surface area (Å²) in [6, 6.07) is -0.670. The molecule has 0 radical (unpaired) electrons. The standard InChI is InChI=1S/C12H17N7O2S/c1-5(13)3-8(22)19-12-9(11(15)21)16-4-7(18-12)17-6(2)10(14)20/h3-4,6,13,22H,1-2H3,(H2,14,20)(H2,15,21)(H2,17,18,19)/b8-3-,13-5?/t6-/m1/s1. The molecule has 0 fully saturated rings. The number of thiol groups is 1. The third-order valence-electron chi connectivity index (χ3n) is 2.40. The Morgan fingerprint density at radius 1 is 1.45 bits per heavy atom. The number of hydrogen-bond acceptors (Lipinski definition) is 8. The Hall–Kier alpha value is -2.62. The molecule has 0 aliphatic heterocycles. The number of nitrogens with two attached hydrogens (primary N) is 2. The van der Waals surface area contributed by atoms with E-state index in [0.29, 0.717) is 0 Å². The Bertz CT molecular complexity index is 644. The van der Waals surface area contributed by atoms with Crippen molar-refractivity contribution in [2.24, 2.45) is 11.5 Å². The minimum atomic E-state index is -0.780. The summed E-state index contributed by atoms with van der Waals surface area (Å²) < 4.78 is 0. The van der Waals surface area contributed by atoms with Gasteiger partial charge in [-0.15, -0.1) is 12.6 Å². The second-order valence-electron chi connectivity index (χ2n) is 4.42. The number of nitrogens with zero attached hydrogens (tertiary/aromatic N) is 2. The Labute approximate surface area is 132 Å². The monoisotopic (exact) mass is 323 g/mol. The third kappa shape index (κ3) is 5.05. The lowest BCUT2D eigenvalue weighted by Crippen LogP contribution is -2.33. The van der Waals surface area contributed by atoms with E-state index in [-0.39, 0.29) is 28.1 Å². The molecule has 1 rings (SSSR count). The van der Waals surface area contributed by atoms with Gasteiger partial charge >= 0.3 is 0 Å². The van der Waals surface area contributed by atoms with E-state index in [9.17, 15) is 9.59 Å². The van der Waals surface area contributed by atoms with E-state index in [1.807, 2.05) is 0 Å². The molecule has 0 unspecified atom stereocenters. The van der Waals surface area contributed by atoms with Gasteiger partial charge in [-0.25, -0.2) is 9.97 Å². The number of hydrogen-bond donors (Lipinski definition) is 6. The van der Waals surface area contributed by atoms with Crippen molar-refractivity contribution in [3.63, 3.8) is 0 Å². The van der Waals surface area contributed by atoms with Crippen molar-refractivity contribution >= 4 is 41.8 Å². The molecule has 22 heavy (non-hydrogen) atoms. The van der Waals surface area contributed by atoms with Gasteiger partial charge in [0.25, 0.3) is 5.91 Å². The average molecular weight is 323 g/mol. The van der Waals surface area contributed by atoms with Gasteiger partial charge in [-0.3, -0.25) is 9.59 Å². The molecule has 1 heterocycles. The van der Waals surface area contributed by atoms with Crippen LogP contribution >= 0.6 is 12.6 Å². The molecule has 1 atom stereocenters. The minimum absolute atomic E-state index is 0.0525. The molecule has 10 heteroatoms. The third-order valence-corrected chi connectivity index (χ3v) is 2.64. The molecule has 0 saturated heterocycles. The van der Waals surface area contributed by atoms with Gasteiger partial charge in [-0.05, 0) is 19.9 Å². The van der Waals surface area contributed by atoms with Crippen molar-refractivity contribution in [3.8, 4) is 0 Å². The number of nitrogens with one attached hydrogen (secondary N) is 3. The van der Waals surface area contributed by atoms with Crippen LogP contribution in [0.25, 0.3) is 0 Å². The Morgan fingerprint density at radius 2 is 2.09 bits per heavy atom. The maximum atomic E-state index is 11.4. The van der Waals surface area contributed by atoms with E-state index in [1.54, 1.807) is 13.8 Å². The van der Waals surface area contributed by atoms with Crippen LogP contribution in [-0.4, -0.2) is 33.5 Å². The number of carbonyl (C=O) groups is 2. The maximum Gasteiger partial charge on any atom is 0.271 e. The molecule has 118 valence electrons. The van der Waals surface area contributed by atoms with Crippen LogP contribution in [-0.2, 0) is 4.79 Å². The van der Waals surface area contributed by atoms with E-state index >= 15 is 0 Å². The first-order valence-corrected chi connectivity index (χ1v) is 6.61. The normalized spacial score (nSPS) is 12.4. The average Bonchev–Trinajstić information content (AvgIpc) is 2.37. The van der Waals surface area contributed by atoms with Crippen LogP contribution in [0.15, 0.2) is 17.3 Å². The molecular formula is C12H17N7O2S. The predicted molar refractivity (Wildman–Crippen MR) is 86.9 cm³/mol. The van der Waals surface area contributed by atoms with Crippen LogP contribution < -0.4 is 22.1 Å². The SMILES string of the molecule is CC(=N)/C=C(\S)Nc1nc(N[C@H](C)C(N)=O)cnc1C(N)=O. The predicted octanol–water partition coefficient (Wildman–Crippen LogP) is 0.0840. The quantitative estimate of drug-likeness (QED) is 0.308. The van der Waals surface area contributed by atoms with Gasteiger partial charge in [-0.1, -0.05) is 0 Å². The smallest absolute Gasteiger partial charge is 0.271 e. The molecule has 7 N–H and O–H groups in total. The molecule has 0 spiro atoms. The van der Waals surface area contributed by atoms with Crippen LogP contribution in [0.1, 0.15) is 24.3 Å². The molecule has 1 aromatic rings. The number of anilines is 2. The van der Waals surface area contributed by atoms with Crippen LogP contribution in [0.2, 0.25) is 0 Å². The highest BCUT2D eigenvalue weighted by atomic mass is 32.1. The zero-order valence-corrected chi connectivity index (χ0v) is 12.9. The van der Waals surface area contributed by atoms with Crippen LogP contribution in [0.5, 0.6) is 0 Å². The zero-order valence-electron chi connectivity index (χ0n) is 12.0. The van der Waals surface area contributed by atoms with Crippen LogP contribution in [0, 0.1) is 5.41 Å². The second-order valence-corrected chi connectivity index (χ2v) is 4.90. The summed E-state index contributed by atoms with van der Waals surface area (Å²) in [5.41, 5.74) is 10.5. The van der Waals surface area contributed by atoms with Gasteiger partial charge in [0.2, 0.25) is 5.91 Å². The van der Waals surface area contributed by atoms with E-state index in [4.69, 9.17) is 16.9 Å². The lowest BCUT2D eigenvalue weighted by atomic mass is 10.3. The van der Waals surface area contributed by atoms with Gasteiger partial charge in [0, 0.05) is 5.71 Å². The van der Waals surface area contributed by atoms with Crippen LogP contribution in [0.3, 0.4) is 0 Å². The summed E-state index contributed by atoms with van der Waals surface area (Å²) >= 11 is 4.13. The van der Waals surface area contributed by atoms with Crippen molar-refractivity contribution < 1.29 is 9.59 Å². The second kappa shape index (κ2) is 7.41. The fourth-order valence-corrected chi connectivity index (χ4v) is 1.68. The Balaban J connectivity index is 3.13. The summed E-state index contributed by atoms with van der Waals surface area (Å²) in [4.78, 5) is 30.4. The molecule has 0 aromatic carbocycles. The Morgan fingerprint density at radius 3 is 2.59 bits per heavy atom. The molecule has 1 aromatic heterocycles. The molecule has 9 nitrogen and oxygen atoms in total. The van der Waals surface area contributed by atoms with Gasteiger partial charge in [0.05, 0.1) is 11.2 Å². The largest absolute Gasteiger partial charge is 0.368 e. The summed E-state index contributed by atoms with van der Waals surface area (Å²) in [7, 11) is 0.